The Hall–Kier alpha value is -1.51. The standard InChI is InChI=1S/C16H17ClO2/c1-11-3-8-16(15(9-11)12(2)18)19-10-13-4-6-14(17)7-5-13/h3-9,12,18H,10H2,1-2H3/t12-/m0/s1. The third-order valence-corrected chi connectivity index (χ3v) is 3.17. The second kappa shape index (κ2) is 6.09. The van der Waals surface area contributed by atoms with Gasteiger partial charge in [-0.1, -0.05) is 35.4 Å². The van der Waals surface area contributed by atoms with Crippen LogP contribution in [0.2, 0.25) is 5.02 Å². The van der Waals surface area contributed by atoms with E-state index in [4.69, 9.17) is 16.3 Å². The fourth-order valence-corrected chi connectivity index (χ4v) is 1.99. The van der Waals surface area contributed by atoms with Gasteiger partial charge in [0.05, 0.1) is 6.10 Å². The quantitative estimate of drug-likeness (QED) is 0.903. The number of aliphatic hydroxyl groups is 1. The van der Waals surface area contributed by atoms with Crippen molar-refractivity contribution in [2.45, 2.75) is 26.6 Å². The molecule has 0 fully saturated rings. The summed E-state index contributed by atoms with van der Waals surface area (Å²) in [5.41, 5.74) is 2.96. The SMILES string of the molecule is Cc1ccc(OCc2ccc(Cl)cc2)c([C@H](C)O)c1. The topological polar surface area (TPSA) is 29.5 Å². The Balaban J connectivity index is 2.13. The first-order valence-electron chi connectivity index (χ1n) is 6.22. The van der Waals surface area contributed by atoms with Gasteiger partial charge in [-0.3, -0.25) is 0 Å². The molecule has 19 heavy (non-hydrogen) atoms. The summed E-state index contributed by atoms with van der Waals surface area (Å²) >= 11 is 5.84. The van der Waals surface area contributed by atoms with E-state index in [0.717, 1.165) is 22.4 Å². The third-order valence-electron chi connectivity index (χ3n) is 2.92. The fraction of sp³-hybridized carbons (Fsp3) is 0.250. The summed E-state index contributed by atoms with van der Waals surface area (Å²) in [6.07, 6.45) is -0.542. The highest BCUT2D eigenvalue weighted by Gasteiger charge is 2.09. The molecule has 0 aromatic heterocycles. The van der Waals surface area contributed by atoms with Crippen LogP contribution in [0.4, 0.5) is 0 Å². The summed E-state index contributed by atoms with van der Waals surface area (Å²) in [7, 11) is 0. The van der Waals surface area contributed by atoms with E-state index in [-0.39, 0.29) is 0 Å². The first-order valence-corrected chi connectivity index (χ1v) is 6.60. The summed E-state index contributed by atoms with van der Waals surface area (Å²) in [6.45, 7) is 4.19. The number of hydrogen-bond donors (Lipinski definition) is 1. The minimum absolute atomic E-state index is 0.458. The Morgan fingerprint density at radius 1 is 1.16 bits per heavy atom. The van der Waals surface area contributed by atoms with Crippen LogP contribution >= 0.6 is 11.6 Å². The van der Waals surface area contributed by atoms with E-state index in [2.05, 4.69) is 0 Å². The highest BCUT2D eigenvalue weighted by Crippen LogP contribution is 2.27. The fourth-order valence-electron chi connectivity index (χ4n) is 1.87. The molecular formula is C16H17ClO2. The van der Waals surface area contributed by atoms with Crippen molar-refractivity contribution < 1.29 is 9.84 Å². The molecule has 100 valence electrons. The van der Waals surface area contributed by atoms with Gasteiger partial charge in [-0.25, -0.2) is 0 Å². The van der Waals surface area contributed by atoms with Crippen molar-refractivity contribution in [1.29, 1.82) is 0 Å². The molecule has 1 atom stereocenters. The van der Waals surface area contributed by atoms with Crippen LogP contribution in [0.1, 0.15) is 29.7 Å². The van der Waals surface area contributed by atoms with Crippen LogP contribution in [0, 0.1) is 6.92 Å². The lowest BCUT2D eigenvalue weighted by Crippen LogP contribution is -2.01. The second-order valence-corrected chi connectivity index (χ2v) is 5.07. The zero-order valence-electron chi connectivity index (χ0n) is 11.1. The highest BCUT2D eigenvalue weighted by atomic mass is 35.5. The van der Waals surface area contributed by atoms with Gasteiger partial charge in [0.1, 0.15) is 12.4 Å². The summed E-state index contributed by atoms with van der Waals surface area (Å²) in [5, 5.41) is 10.5. The maximum atomic E-state index is 9.77. The number of halogens is 1. The van der Waals surface area contributed by atoms with Crippen LogP contribution < -0.4 is 4.74 Å². The molecule has 0 amide bonds. The molecule has 0 saturated heterocycles. The first-order chi connectivity index (χ1) is 9.06. The smallest absolute Gasteiger partial charge is 0.125 e. The lowest BCUT2D eigenvalue weighted by Gasteiger charge is -2.14. The summed E-state index contributed by atoms with van der Waals surface area (Å²) in [4.78, 5) is 0. The van der Waals surface area contributed by atoms with Crippen LogP contribution in [-0.4, -0.2) is 5.11 Å². The number of benzene rings is 2. The van der Waals surface area contributed by atoms with Crippen LogP contribution in [0.25, 0.3) is 0 Å². The average Bonchev–Trinajstić information content (AvgIpc) is 2.39. The second-order valence-electron chi connectivity index (χ2n) is 4.63. The van der Waals surface area contributed by atoms with E-state index in [0.29, 0.717) is 11.6 Å². The van der Waals surface area contributed by atoms with Crippen molar-refractivity contribution in [3.63, 3.8) is 0 Å². The van der Waals surface area contributed by atoms with Gasteiger partial charge in [0, 0.05) is 10.6 Å². The van der Waals surface area contributed by atoms with Gasteiger partial charge in [0.25, 0.3) is 0 Å². The lowest BCUT2D eigenvalue weighted by molar-refractivity contribution is 0.190. The molecule has 2 aromatic carbocycles. The normalized spacial score (nSPS) is 12.2. The largest absolute Gasteiger partial charge is 0.489 e. The highest BCUT2D eigenvalue weighted by molar-refractivity contribution is 6.30. The van der Waals surface area contributed by atoms with Crippen molar-refractivity contribution in [3.05, 3.63) is 64.2 Å². The molecule has 0 unspecified atom stereocenters. The molecule has 0 aliphatic rings. The first kappa shape index (κ1) is 13.9. The van der Waals surface area contributed by atoms with Gasteiger partial charge in [-0.15, -0.1) is 0 Å². The molecule has 2 aromatic rings. The van der Waals surface area contributed by atoms with E-state index >= 15 is 0 Å². The van der Waals surface area contributed by atoms with Crippen LogP contribution in [0.3, 0.4) is 0 Å². The maximum Gasteiger partial charge on any atom is 0.125 e. The van der Waals surface area contributed by atoms with E-state index in [1.165, 1.54) is 0 Å². The van der Waals surface area contributed by atoms with Gasteiger partial charge < -0.3 is 9.84 Å². The third kappa shape index (κ3) is 3.72. The summed E-state index contributed by atoms with van der Waals surface area (Å²) < 4.78 is 5.78. The molecule has 3 heteroatoms. The maximum absolute atomic E-state index is 9.77. The van der Waals surface area contributed by atoms with E-state index in [1.54, 1.807) is 6.92 Å². The van der Waals surface area contributed by atoms with E-state index in [1.807, 2.05) is 49.4 Å². The van der Waals surface area contributed by atoms with Crippen molar-refractivity contribution in [3.8, 4) is 5.75 Å². The molecule has 0 saturated carbocycles. The molecule has 2 rings (SSSR count). The lowest BCUT2D eigenvalue weighted by atomic mass is 10.1. The number of ether oxygens (including phenoxy) is 1. The van der Waals surface area contributed by atoms with Crippen molar-refractivity contribution in [2.24, 2.45) is 0 Å². The number of aryl methyl sites for hydroxylation is 1. The monoisotopic (exact) mass is 276 g/mol. The van der Waals surface area contributed by atoms with Gasteiger partial charge in [0.2, 0.25) is 0 Å². The summed E-state index contributed by atoms with van der Waals surface area (Å²) in [6, 6.07) is 13.4. The zero-order valence-corrected chi connectivity index (χ0v) is 11.8. The van der Waals surface area contributed by atoms with Crippen LogP contribution in [-0.2, 0) is 6.61 Å². The van der Waals surface area contributed by atoms with Crippen LogP contribution in [0.5, 0.6) is 5.75 Å². The number of aliphatic hydroxyl groups excluding tert-OH is 1. The Bertz CT molecular complexity index is 547. The number of rotatable bonds is 4. The Morgan fingerprint density at radius 2 is 1.84 bits per heavy atom. The molecular weight excluding hydrogens is 260 g/mol. The molecule has 0 aliphatic carbocycles. The molecule has 0 bridgehead atoms. The van der Waals surface area contributed by atoms with Crippen molar-refractivity contribution in [1.82, 2.24) is 0 Å². The minimum atomic E-state index is -0.542. The van der Waals surface area contributed by atoms with E-state index in [9.17, 15) is 5.11 Å². The predicted molar refractivity (Wildman–Crippen MR) is 77.6 cm³/mol. The molecule has 0 aliphatic heterocycles. The Morgan fingerprint density at radius 3 is 2.47 bits per heavy atom. The molecule has 1 N–H and O–H groups in total. The molecule has 2 nitrogen and oxygen atoms in total. The van der Waals surface area contributed by atoms with Crippen molar-refractivity contribution >= 4 is 11.6 Å². The van der Waals surface area contributed by atoms with Crippen molar-refractivity contribution in [2.75, 3.05) is 0 Å². The summed E-state index contributed by atoms with van der Waals surface area (Å²) in [5.74, 6) is 0.718. The molecule has 0 radical (unpaired) electrons. The Kier molecular flexibility index (Phi) is 4.46. The molecule has 0 spiro atoms. The van der Waals surface area contributed by atoms with Crippen LogP contribution in [0.15, 0.2) is 42.5 Å². The Labute approximate surface area is 118 Å². The van der Waals surface area contributed by atoms with Gasteiger partial charge in [-0.05, 0) is 43.7 Å². The van der Waals surface area contributed by atoms with Gasteiger partial charge >= 0.3 is 0 Å². The molecule has 0 heterocycles. The average molecular weight is 277 g/mol. The van der Waals surface area contributed by atoms with E-state index < -0.39 is 6.10 Å². The zero-order chi connectivity index (χ0) is 13.8. The van der Waals surface area contributed by atoms with Gasteiger partial charge in [0.15, 0.2) is 0 Å². The predicted octanol–water partition coefficient (Wildman–Crippen LogP) is 4.28. The minimum Gasteiger partial charge on any atom is -0.489 e. The number of hydrogen-bond acceptors (Lipinski definition) is 2. The van der Waals surface area contributed by atoms with Gasteiger partial charge in [-0.2, -0.15) is 0 Å².